The van der Waals surface area contributed by atoms with E-state index >= 15 is 0 Å². The standard InChI is InChI=1S/C40H31ClO9S/c41-30-21-23-31(24-22-30)51-40-35(50-39(45)29-19-11-4-12-20-29)34(49-38(44)28-17-9-3-10-18-28)33(48-37(43)27-15-7-2-8-16-27)32(47-40)25-46-36(42)26-13-5-1-6-14-26/h1-24,32-35,40H,25H2/t32-,33-,34+,35-,40+/m1/s1. The second-order valence-electron chi connectivity index (χ2n) is 11.3. The second-order valence-corrected chi connectivity index (χ2v) is 12.9. The SMILES string of the molecule is O=C(OC[C@H]1O[C@@H](Sc2ccc(Cl)cc2)[C@H](OC(=O)c2ccccc2)[C@@H](OC(=O)c2ccccc2)[C@@H]1OC(=O)c1ccccc1)c1ccccc1. The average Bonchev–Trinajstić information content (AvgIpc) is 3.18. The van der Waals surface area contributed by atoms with E-state index in [2.05, 4.69) is 0 Å². The lowest BCUT2D eigenvalue weighted by atomic mass is 9.98. The van der Waals surface area contributed by atoms with Gasteiger partial charge in [0.25, 0.3) is 0 Å². The fraction of sp³-hybridized carbons (Fsp3) is 0.150. The topological polar surface area (TPSA) is 114 Å². The number of carbonyl (C=O) groups is 4. The number of rotatable bonds is 11. The molecule has 5 atom stereocenters. The molecule has 51 heavy (non-hydrogen) atoms. The van der Waals surface area contributed by atoms with E-state index in [4.69, 9.17) is 35.3 Å². The average molecular weight is 723 g/mol. The maximum atomic E-state index is 13.7. The molecule has 0 saturated carbocycles. The molecule has 1 aliphatic rings. The van der Waals surface area contributed by atoms with Crippen LogP contribution in [0.4, 0.5) is 0 Å². The van der Waals surface area contributed by atoms with Gasteiger partial charge in [-0.15, -0.1) is 0 Å². The van der Waals surface area contributed by atoms with Crippen molar-refractivity contribution in [3.8, 4) is 0 Å². The number of thioether (sulfide) groups is 1. The van der Waals surface area contributed by atoms with Gasteiger partial charge in [-0.25, -0.2) is 19.2 Å². The van der Waals surface area contributed by atoms with Crippen molar-refractivity contribution in [1.29, 1.82) is 0 Å². The molecule has 0 bridgehead atoms. The van der Waals surface area contributed by atoms with Crippen molar-refractivity contribution < 1.29 is 42.9 Å². The van der Waals surface area contributed by atoms with E-state index in [1.165, 1.54) is 11.8 Å². The first kappa shape index (κ1) is 35.4. The Labute approximate surface area is 303 Å². The van der Waals surface area contributed by atoms with Crippen LogP contribution in [0.1, 0.15) is 41.4 Å². The van der Waals surface area contributed by atoms with E-state index in [9.17, 15) is 19.2 Å². The highest BCUT2D eigenvalue weighted by atomic mass is 35.5. The van der Waals surface area contributed by atoms with Gasteiger partial charge in [0.05, 0.1) is 22.3 Å². The molecule has 11 heteroatoms. The summed E-state index contributed by atoms with van der Waals surface area (Å²) in [5, 5.41) is 0.504. The van der Waals surface area contributed by atoms with Crippen molar-refractivity contribution in [1.82, 2.24) is 0 Å². The van der Waals surface area contributed by atoms with Crippen molar-refractivity contribution in [3.05, 3.63) is 173 Å². The highest BCUT2D eigenvalue weighted by Gasteiger charge is 2.53. The van der Waals surface area contributed by atoms with Crippen LogP contribution in [-0.4, -0.2) is 60.3 Å². The lowest BCUT2D eigenvalue weighted by molar-refractivity contribution is -0.207. The zero-order valence-electron chi connectivity index (χ0n) is 26.9. The summed E-state index contributed by atoms with van der Waals surface area (Å²) in [6.07, 6.45) is -5.36. The summed E-state index contributed by atoms with van der Waals surface area (Å²) in [5.41, 5.74) is -0.113. The van der Waals surface area contributed by atoms with E-state index < -0.39 is 60.3 Å². The highest BCUT2D eigenvalue weighted by Crippen LogP contribution is 2.39. The van der Waals surface area contributed by atoms with E-state index in [1.807, 2.05) is 0 Å². The summed E-state index contributed by atoms with van der Waals surface area (Å²) >= 11 is 7.32. The Morgan fingerprint density at radius 2 is 0.902 bits per heavy atom. The number of hydrogen-bond donors (Lipinski definition) is 0. The minimum Gasteiger partial charge on any atom is -0.459 e. The van der Waals surface area contributed by atoms with Gasteiger partial charge >= 0.3 is 23.9 Å². The lowest BCUT2D eigenvalue weighted by Gasteiger charge is -2.44. The Morgan fingerprint density at radius 3 is 1.35 bits per heavy atom. The second kappa shape index (κ2) is 17.0. The van der Waals surface area contributed by atoms with Gasteiger partial charge in [0.1, 0.15) is 18.1 Å². The van der Waals surface area contributed by atoms with Crippen molar-refractivity contribution in [2.24, 2.45) is 0 Å². The molecule has 0 aliphatic carbocycles. The number of hydrogen-bond acceptors (Lipinski definition) is 10. The number of esters is 4. The minimum atomic E-state index is -1.43. The molecule has 5 aromatic rings. The van der Waals surface area contributed by atoms with Crippen LogP contribution in [0.15, 0.2) is 150 Å². The largest absolute Gasteiger partial charge is 0.459 e. The molecule has 0 radical (unpaired) electrons. The molecular weight excluding hydrogens is 692 g/mol. The monoisotopic (exact) mass is 722 g/mol. The van der Waals surface area contributed by atoms with Crippen molar-refractivity contribution >= 4 is 47.2 Å². The smallest absolute Gasteiger partial charge is 0.338 e. The molecule has 9 nitrogen and oxygen atoms in total. The molecule has 1 saturated heterocycles. The van der Waals surface area contributed by atoms with Crippen LogP contribution >= 0.6 is 23.4 Å². The van der Waals surface area contributed by atoms with Crippen molar-refractivity contribution in [2.75, 3.05) is 6.61 Å². The molecule has 1 aliphatic heterocycles. The Hall–Kier alpha value is -5.42. The van der Waals surface area contributed by atoms with Gasteiger partial charge in [-0.05, 0) is 72.8 Å². The quantitative estimate of drug-likeness (QED) is 0.0993. The lowest BCUT2D eigenvalue weighted by Crippen LogP contribution is -2.61. The minimum absolute atomic E-state index is 0.208. The molecule has 0 aromatic heterocycles. The van der Waals surface area contributed by atoms with Crippen LogP contribution in [0.5, 0.6) is 0 Å². The van der Waals surface area contributed by atoms with E-state index in [0.717, 1.165) is 0 Å². The molecule has 0 unspecified atom stereocenters. The fourth-order valence-corrected chi connectivity index (χ4v) is 6.50. The van der Waals surface area contributed by atoms with Crippen molar-refractivity contribution in [2.45, 2.75) is 34.7 Å². The van der Waals surface area contributed by atoms with Gasteiger partial charge in [-0.3, -0.25) is 0 Å². The zero-order chi connectivity index (χ0) is 35.6. The van der Waals surface area contributed by atoms with E-state index in [0.29, 0.717) is 15.5 Å². The summed E-state index contributed by atoms with van der Waals surface area (Å²) in [5.74, 6) is -2.90. The summed E-state index contributed by atoms with van der Waals surface area (Å²) in [6.45, 7) is -0.406. The molecule has 6 rings (SSSR count). The molecule has 258 valence electrons. The third kappa shape index (κ3) is 9.23. The van der Waals surface area contributed by atoms with Crippen LogP contribution in [0.3, 0.4) is 0 Å². The first-order valence-electron chi connectivity index (χ1n) is 15.9. The molecule has 1 fully saturated rings. The van der Waals surface area contributed by atoms with Crippen LogP contribution in [0.2, 0.25) is 5.02 Å². The van der Waals surface area contributed by atoms with Crippen LogP contribution < -0.4 is 0 Å². The molecule has 1 heterocycles. The van der Waals surface area contributed by atoms with Gasteiger partial charge in [0.15, 0.2) is 18.3 Å². The Bertz CT molecular complexity index is 1930. The molecule has 0 spiro atoms. The maximum absolute atomic E-state index is 13.7. The first-order valence-corrected chi connectivity index (χ1v) is 17.2. The first-order chi connectivity index (χ1) is 24.9. The van der Waals surface area contributed by atoms with Crippen LogP contribution in [-0.2, 0) is 23.7 Å². The normalized spacial score (nSPS) is 19.7. The highest BCUT2D eigenvalue weighted by molar-refractivity contribution is 7.99. The van der Waals surface area contributed by atoms with Gasteiger partial charge in [0, 0.05) is 9.92 Å². The van der Waals surface area contributed by atoms with Gasteiger partial charge in [-0.2, -0.15) is 0 Å². The zero-order valence-corrected chi connectivity index (χ0v) is 28.5. The third-order valence-corrected chi connectivity index (χ3v) is 9.21. The molecule has 5 aromatic carbocycles. The number of halogens is 1. The fourth-order valence-electron chi connectivity index (χ4n) is 5.27. The Kier molecular flexibility index (Phi) is 11.8. The van der Waals surface area contributed by atoms with Crippen molar-refractivity contribution in [3.63, 3.8) is 0 Å². The van der Waals surface area contributed by atoms with Gasteiger partial charge in [0.2, 0.25) is 0 Å². The maximum Gasteiger partial charge on any atom is 0.338 e. The van der Waals surface area contributed by atoms with Crippen LogP contribution in [0, 0.1) is 0 Å². The summed E-state index contributed by atoms with van der Waals surface area (Å²) in [7, 11) is 0. The van der Waals surface area contributed by atoms with Gasteiger partial charge < -0.3 is 23.7 Å². The third-order valence-electron chi connectivity index (χ3n) is 7.80. The predicted octanol–water partition coefficient (Wildman–Crippen LogP) is 7.69. The van der Waals surface area contributed by atoms with Gasteiger partial charge in [-0.1, -0.05) is 96.2 Å². The summed E-state index contributed by atoms with van der Waals surface area (Å²) in [6, 6.07) is 39.9. The molecule has 0 amide bonds. The molecular formula is C40H31ClO9S. The van der Waals surface area contributed by atoms with E-state index in [1.54, 1.807) is 146 Å². The number of carbonyl (C=O) groups excluding carboxylic acids is 4. The Balaban J connectivity index is 1.41. The van der Waals surface area contributed by atoms with Crippen LogP contribution in [0.25, 0.3) is 0 Å². The summed E-state index contributed by atoms with van der Waals surface area (Å²) < 4.78 is 30.5. The number of benzene rings is 5. The Morgan fingerprint density at radius 1 is 0.510 bits per heavy atom. The predicted molar refractivity (Wildman–Crippen MR) is 190 cm³/mol. The summed E-state index contributed by atoms with van der Waals surface area (Å²) in [4.78, 5) is 54.8. The van der Waals surface area contributed by atoms with E-state index in [-0.39, 0.29) is 16.7 Å². The number of ether oxygens (including phenoxy) is 5. The molecule has 0 N–H and O–H groups in total.